The summed E-state index contributed by atoms with van der Waals surface area (Å²) in [5, 5.41) is 19.3. The minimum absolute atomic E-state index is 0.0621. The Bertz CT molecular complexity index is 1120. The minimum atomic E-state index is -0.0621. The number of thiophene rings is 1. The highest BCUT2D eigenvalue weighted by Crippen LogP contribution is 2.48. The quantitative estimate of drug-likeness (QED) is 0.502. The molecule has 3 aromatic heterocycles. The number of nitrogens with zero attached hydrogens (tertiary/aromatic N) is 4. The van der Waals surface area contributed by atoms with Crippen molar-refractivity contribution < 1.29 is 9.21 Å². The van der Waals surface area contributed by atoms with Crippen LogP contribution in [0.1, 0.15) is 41.3 Å². The number of rotatable bonds is 5. The van der Waals surface area contributed by atoms with Crippen LogP contribution in [-0.2, 0) is 24.2 Å². The van der Waals surface area contributed by atoms with Gasteiger partial charge in [-0.3, -0.25) is 15.1 Å². The SMILES string of the molecule is C[C@@H]1CCc2c(sc3c2C2NCNN2c2nnc(SCC(=O)NCc4ccco4)n2-3)C1. The van der Waals surface area contributed by atoms with E-state index in [4.69, 9.17) is 4.42 Å². The molecule has 1 fully saturated rings. The molecular weight excluding hydrogens is 434 g/mol. The number of furan rings is 1. The number of nitrogens with one attached hydrogen (secondary N) is 3. The van der Waals surface area contributed by atoms with Gasteiger partial charge >= 0.3 is 0 Å². The molecule has 9 nitrogen and oxygen atoms in total. The second-order valence-electron chi connectivity index (χ2n) is 8.14. The van der Waals surface area contributed by atoms with Crippen LogP contribution in [0.25, 0.3) is 5.00 Å². The molecule has 0 spiro atoms. The van der Waals surface area contributed by atoms with Crippen molar-refractivity contribution in [2.75, 3.05) is 17.4 Å². The molecule has 31 heavy (non-hydrogen) atoms. The van der Waals surface area contributed by atoms with E-state index in [-0.39, 0.29) is 17.8 Å². The molecule has 3 aliphatic rings. The van der Waals surface area contributed by atoms with Gasteiger partial charge in [0.15, 0.2) is 5.16 Å². The lowest BCUT2D eigenvalue weighted by atomic mass is 9.87. The van der Waals surface area contributed by atoms with Gasteiger partial charge in [0.2, 0.25) is 11.9 Å². The Morgan fingerprint density at radius 1 is 1.45 bits per heavy atom. The Morgan fingerprint density at radius 3 is 3.26 bits per heavy atom. The number of anilines is 1. The summed E-state index contributed by atoms with van der Waals surface area (Å²) in [4.78, 5) is 13.8. The van der Waals surface area contributed by atoms with E-state index in [1.807, 2.05) is 23.5 Å². The molecule has 1 saturated heterocycles. The average Bonchev–Trinajstić information content (AvgIpc) is 3.54. The molecular formula is C20H23N7O2S2. The third-order valence-electron chi connectivity index (χ3n) is 6.02. The zero-order valence-electron chi connectivity index (χ0n) is 17.1. The maximum absolute atomic E-state index is 12.4. The van der Waals surface area contributed by atoms with Gasteiger partial charge in [-0.25, -0.2) is 9.99 Å². The highest BCUT2D eigenvalue weighted by atomic mass is 32.2. The fourth-order valence-electron chi connectivity index (χ4n) is 4.51. The summed E-state index contributed by atoms with van der Waals surface area (Å²) >= 11 is 3.27. The van der Waals surface area contributed by atoms with Gasteiger partial charge < -0.3 is 9.73 Å². The lowest BCUT2D eigenvalue weighted by Gasteiger charge is -2.31. The van der Waals surface area contributed by atoms with Crippen LogP contribution in [-0.4, -0.2) is 33.1 Å². The summed E-state index contributed by atoms with van der Waals surface area (Å²) in [5.74, 6) is 2.43. The van der Waals surface area contributed by atoms with Gasteiger partial charge in [0.05, 0.1) is 25.2 Å². The van der Waals surface area contributed by atoms with Gasteiger partial charge in [0.1, 0.15) is 16.9 Å². The van der Waals surface area contributed by atoms with Gasteiger partial charge in [0.25, 0.3) is 0 Å². The van der Waals surface area contributed by atoms with E-state index >= 15 is 0 Å². The molecule has 0 bridgehead atoms. The summed E-state index contributed by atoms with van der Waals surface area (Å²) in [7, 11) is 0. The lowest BCUT2D eigenvalue weighted by Crippen LogP contribution is -2.39. The van der Waals surface area contributed by atoms with Crippen molar-refractivity contribution in [3.05, 3.63) is 40.2 Å². The number of thioether (sulfide) groups is 1. The molecule has 5 heterocycles. The fraction of sp³-hybridized carbons (Fsp3) is 0.450. The number of carbonyl (C=O) groups is 1. The monoisotopic (exact) mass is 457 g/mol. The second kappa shape index (κ2) is 7.66. The van der Waals surface area contributed by atoms with Crippen LogP contribution in [0.2, 0.25) is 0 Å². The second-order valence-corrected chi connectivity index (χ2v) is 10.2. The van der Waals surface area contributed by atoms with E-state index in [1.165, 1.54) is 39.2 Å². The lowest BCUT2D eigenvalue weighted by molar-refractivity contribution is -0.118. The number of carbonyl (C=O) groups excluding carboxylic acids is 1. The smallest absolute Gasteiger partial charge is 0.249 e. The highest BCUT2D eigenvalue weighted by molar-refractivity contribution is 7.99. The fourth-order valence-corrected chi connectivity index (χ4v) is 6.87. The average molecular weight is 458 g/mol. The number of amides is 1. The predicted octanol–water partition coefficient (Wildman–Crippen LogP) is 2.34. The number of hydrogen-bond acceptors (Lipinski definition) is 9. The third kappa shape index (κ3) is 3.27. The molecule has 1 unspecified atom stereocenters. The maximum atomic E-state index is 12.4. The molecule has 0 saturated carbocycles. The number of fused-ring (bicyclic) bond motifs is 8. The molecule has 11 heteroatoms. The summed E-state index contributed by atoms with van der Waals surface area (Å²) in [6.45, 7) is 3.40. The molecule has 2 atom stereocenters. The van der Waals surface area contributed by atoms with Crippen molar-refractivity contribution in [2.24, 2.45) is 5.92 Å². The van der Waals surface area contributed by atoms with E-state index in [9.17, 15) is 4.79 Å². The molecule has 0 radical (unpaired) electrons. The molecule has 3 N–H and O–H groups in total. The summed E-state index contributed by atoms with van der Waals surface area (Å²) in [6.07, 6.45) is 5.15. The Kier molecular flexibility index (Phi) is 4.78. The molecule has 0 aromatic carbocycles. The van der Waals surface area contributed by atoms with Crippen LogP contribution < -0.4 is 21.1 Å². The zero-order chi connectivity index (χ0) is 20.9. The van der Waals surface area contributed by atoms with Crippen molar-refractivity contribution in [1.82, 2.24) is 30.8 Å². The van der Waals surface area contributed by atoms with E-state index in [0.29, 0.717) is 19.1 Å². The summed E-state index contributed by atoms with van der Waals surface area (Å²) < 4.78 is 7.39. The van der Waals surface area contributed by atoms with E-state index < -0.39 is 0 Å². The van der Waals surface area contributed by atoms with Crippen molar-refractivity contribution in [3.8, 4) is 5.00 Å². The number of hydrogen-bond donors (Lipinski definition) is 3. The maximum Gasteiger partial charge on any atom is 0.249 e. The Hall–Kier alpha value is -2.34. The Morgan fingerprint density at radius 2 is 2.39 bits per heavy atom. The minimum Gasteiger partial charge on any atom is -0.467 e. The molecule has 3 aromatic rings. The van der Waals surface area contributed by atoms with Gasteiger partial charge in [-0.05, 0) is 42.9 Å². The number of hydrazine groups is 1. The van der Waals surface area contributed by atoms with Gasteiger partial charge in [-0.1, -0.05) is 18.7 Å². The first-order chi connectivity index (χ1) is 15.2. The Labute approximate surface area is 187 Å². The van der Waals surface area contributed by atoms with Crippen LogP contribution in [0.15, 0.2) is 28.0 Å². The van der Waals surface area contributed by atoms with Gasteiger partial charge in [0, 0.05) is 10.4 Å². The predicted molar refractivity (Wildman–Crippen MR) is 118 cm³/mol. The van der Waals surface area contributed by atoms with Gasteiger partial charge in [-0.15, -0.1) is 21.5 Å². The molecule has 6 rings (SSSR count). The molecule has 162 valence electrons. The normalized spacial score (nSPS) is 21.4. The van der Waals surface area contributed by atoms with Crippen LogP contribution in [0, 0.1) is 5.92 Å². The van der Waals surface area contributed by atoms with Gasteiger partial charge in [-0.2, -0.15) is 0 Å². The van der Waals surface area contributed by atoms with Crippen molar-refractivity contribution in [3.63, 3.8) is 0 Å². The van der Waals surface area contributed by atoms with Crippen LogP contribution in [0.3, 0.4) is 0 Å². The van der Waals surface area contributed by atoms with E-state index in [2.05, 4.69) is 42.8 Å². The first-order valence-electron chi connectivity index (χ1n) is 10.5. The molecule has 1 aliphatic carbocycles. The van der Waals surface area contributed by atoms with Crippen LogP contribution in [0.5, 0.6) is 0 Å². The highest BCUT2D eigenvalue weighted by Gasteiger charge is 2.42. The van der Waals surface area contributed by atoms with Crippen molar-refractivity contribution in [1.29, 1.82) is 0 Å². The molecule has 1 amide bonds. The van der Waals surface area contributed by atoms with Crippen molar-refractivity contribution >= 4 is 35.0 Å². The summed E-state index contributed by atoms with van der Waals surface area (Å²) in [6, 6.07) is 3.66. The first-order valence-corrected chi connectivity index (χ1v) is 12.3. The van der Waals surface area contributed by atoms with Crippen molar-refractivity contribution in [2.45, 2.75) is 44.1 Å². The third-order valence-corrected chi connectivity index (χ3v) is 8.20. The van der Waals surface area contributed by atoms with E-state index in [0.717, 1.165) is 29.7 Å². The largest absolute Gasteiger partial charge is 0.467 e. The van der Waals surface area contributed by atoms with Crippen LogP contribution >= 0.6 is 23.1 Å². The number of aromatic nitrogens is 3. The summed E-state index contributed by atoms with van der Waals surface area (Å²) in [5.41, 5.74) is 6.20. The zero-order valence-corrected chi connectivity index (χ0v) is 18.7. The topological polar surface area (TPSA) is 100 Å². The Balaban J connectivity index is 1.28. The van der Waals surface area contributed by atoms with E-state index in [1.54, 1.807) is 6.26 Å². The first kappa shape index (κ1) is 19.4. The molecule has 2 aliphatic heterocycles. The van der Waals surface area contributed by atoms with Crippen LogP contribution in [0.4, 0.5) is 5.95 Å². The standard InChI is InChI=1S/C20H23N7O2S2/c1-11-4-5-13-14(7-11)31-18-16(13)17-22-10-23-27(17)19-24-25-20(26(18)19)30-9-15(28)21-8-12-3-2-6-29-12/h2-3,6,11,17,22-23H,4-5,7-10H2,1H3,(H,21,28)/t11-,17?/m1/s1.